The zero-order valence-electron chi connectivity index (χ0n) is 13.3. The highest BCUT2D eigenvalue weighted by Gasteiger charge is 2.18. The molecule has 0 amide bonds. The van der Waals surface area contributed by atoms with E-state index in [1.807, 2.05) is 6.07 Å². The smallest absolute Gasteiger partial charge is 0.141 e. The molecule has 1 unspecified atom stereocenters. The van der Waals surface area contributed by atoms with Crippen molar-refractivity contribution in [1.29, 1.82) is 0 Å². The van der Waals surface area contributed by atoms with E-state index in [0.717, 1.165) is 24.9 Å². The molecule has 0 heterocycles. The van der Waals surface area contributed by atoms with E-state index < -0.39 is 0 Å². The Morgan fingerprint density at radius 1 is 1.19 bits per heavy atom. The standard InChI is InChI=1S/C17H27BrFNO/c1-4-6-7-8-9-16(20-10-5-2)13-11-14(18)15(19)12-17(13)21-3/h11-12,16,20H,4-10H2,1-3H3. The zero-order valence-corrected chi connectivity index (χ0v) is 14.9. The molecule has 1 N–H and O–H groups in total. The first-order valence-corrected chi connectivity index (χ1v) is 8.69. The van der Waals surface area contributed by atoms with Crippen LogP contribution >= 0.6 is 15.9 Å². The Morgan fingerprint density at radius 3 is 2.57 bits per heavy atom. The second-order valence-corrected chi connectivity index (χ2v) is 6.22. The fourth-order valence-electron chi connectivity index (χ4n) is 2.45. The summed E-state index contributed by atoms with van der Waals surface area (Å²) in [6, 6.07) is 3.53. The number of hydrogen-bond donors (Lipinski definition) is 1. The van der Waals surface area contributed by atoms with Gasteiger partial charge in [0.2, 0.25) is 0 Å². The first-order valence-electron chi connectivity index (χ1n) is 7.90. The molecule has 120 valence electrons. The summed E-state index contributed by atoms with van der Waals surface area (Å²) in [5, 5.41) is 3.56. The van der Waals surface area contributed by atoms with Crippen molar-refractivity contribution in [1.82, 2.24) is 5.32 Å². The fourth-order valence-corrected chi connectivity index (χ4v) is 2.82. The Hall–Kier alpha value is -0.610. The maximum absolute atomic E-state index is 13.7. The quantitative estimate of drug-likeness (QED) is 0.548. The molecule has 1 aromatic rings. The van der Waals surface area contributed by atoms with Gasteiger partial charge in [0.05, 0.1) is 11.6 Å². The first kappa shape index (κ1) is 18.4. The molecule has 0 radical (unpaired) electrons. The molecule has 1 rings (SSSR count). The maximum atomic E-state index is 13.7. The summed E-state index contributed by atoms with van der Waals surface area (Å²) in [7, 11) is 1.60. The van der Waals surface area contributed by atoms with Gasteiger partial charge in [0.25, 0.3) is 0 Å². The van der Waals surface area contributed by atoms with Gasteiger partial charge in [0, 0.05) is 17.7 Å². The van der Waals surface area contributed by atoms with Crippen molar-refractivity contribution < 1.29 is 9.13 Å². The van der Waals surface area contributed by atoms with Gasteiger partial charge < -0.3 is 10.1 Å². The minimum atomic E-state index is -0.282. The van der Waals surface area contributed by atoms with E-state index in [2.05, 4.69) is 35.1 Å². The number of benzene rings is 1. The fraction of sp³-hybridized carbons (Fsp3) is 0.647. The largest absolute Gasteiger partial charge is 0.496 e. The Balaban J connectivity index is 2.87. The molecular weight excluding hydrogens is 333 g/mol. The van der Waals surface area contributed by atoms with Gasteiger partial charge in [-0.25, -0.2) is 4.39 Å². The molecule has 2 nitrogen and oxygen atoms in total. The minimum absolute atomic E-state index is 0.216. The SMILES string of the molecule is CCCCCCC(NCCC)c1cc(Br)c(F)cc1OC. The Bertz CT molecular complexity index is 425. The lowest BCUT2D eigenvalue weighted by molar-refractivity contribution is 0.387. The summed E-state index contributed by atoms with van der Waals surface area (Å²) in [5.41, 5.74) is 1.04. The van der Waals surface area contributed by atoms with E-state index in [1.165, 1.54) is 31.7 Å². The number of hydrogen-bond acceptors (Lipinski definition) is 2. The number of rotatable bonds is 10. The van der Waals surface area contributed by atoms with Gasteiger partial charge in [0.15, 0.2) is 0 Å². The molecule has 0 aliphatic heterocycles. The molecule has 0 aromatic heterocycles. The molecule has 1 aromatic carbocycles. The van der Waals surface area contributed by atoms with Crippen LogP contribution in [0.15, 0.2) is 16.6 Å². The highest BCUT2D eigenvalue weighted by molar-refractivity contribution is 9.10. The molecular formula is C17H27BrFNO. The van der Waals surface area contributed by atoms with Crippen molar-refractivity contribution in [2.45, 2.75) is 58.4 Å². The van der Waals surface area contributed by atoms with E-state index >= 15 is 0 Å². The molecule has 0 saturated carbocycles. The van der Waals surface area contributed by atoms with Crippen molar-refractivity contribution in [2.75, 3.05) is 13.7 Å². The third-order valence-corrected chi connectivity index (χ3v) is 4.24. The molecule has 0 spiro atoms. The van der Waals surface area contributed by atoms with Crippen LogP contribution in [0.5, 0.6) is 5.75 Å². The van der Waals surface area contributed by atoms with Crippen LogP contribution in [0, 0.1) is 5.82 Å². The van der Waals surface area contributed by atoms with Crippen molar-refractivity contribution in [3.05, 3.63) is 28.0 Å². The molecule has 0 saturated heterocycles. The second kappa shape index (κ2) is 10.2. The molecule has 0 aliphatic rings. The summed E-state index contributed by atoms with van der Waals surface area (Å²) >= 11 is 3.28. The van der Waals surface area contributed by atoms with E-state index in [4.69, 9.17) is 4.74 Å². The Morgan fingerprint density at radius 2 is 1.95 bits per heavy atom. The van der Waals surface area contributed by atoms with Gasteiger partial charge in [-0.2, -0.15) is 0 Å². The topological polar surface area (TPSA) is 21.3 Å². The molecule has 0 fully saturated rings. The van der Waals surface area contributed by atoms with Gasteiger partial charge in [-0.15, -0.1) is 0 Å². The van der Waals surface area contributed by atoms with Gasteiger partial charge in [0.1, 0.15) is 11.6 Å². The molecule has 0 bridgehead atoms. The summed E-state index contributed by atoms with van der Waals surface area (Å²) in [6.45, 7) is 5.32. The molecule has 1 atom stereocenters. The van der Waals surface area contributed by atoms with Crippen LogP contribution in [0.2, 0.25) is 0 Å². The number of unbranched alkanes of at least 4 members (excludes halogenated alkanes) is 3. The maximum Gasteiger partial charge on any atom is 0.141 e. The number of nitrogens with one attached hydrogen (secondary N) is 1. The van der Waals surface area contributed by atoms with Crippen molar-refractivity contribution >= 4 is 15.9 Å². The normalized spacial score (nSPS) is 12.4. The van der Waals surface area contributed by atoms with Gasteiger partial charge >= 0.3 is 0 Å². The highest BCUT2D eigenvalue weighted by Crippen LogP contribution is 2.33. The monoisotopic (exact) mass is 359 g/mol. The van der Waals surface area contributed by atoms with E-state index in [9.17, 15) is 4.39 Å². The van der Waals surface area contributed by atoms with Crippen LogP contribution in [0.25, 0.3) is 0 Å². The predicted octanol–water partition coefficient (Wildman–Crippen LogP) is 5.61. The van der Waals surface area contributed by atoms with Gasteiger partial charge in [-0.1, -0.05) is 39.5 Å². The van der Waals surface area contributed by atoms with Crippen molar-refractivity contribution in [3.8, 4) is 5.75 Å². The molecule has 4 heteroatoms. The summed E-state index contributed by atoms with van der Waals surface area (Å²) in [5.74, 6) is 0.343. The number of methoxy groups -OCH3 is 1. The lowest BCUT2D eigenvalue weighted by Gasteiger charge is -2.22. The first-order chi connectivity index (χ1) is 10.1. The third kappa shape index (κ3) is 5.95. The Kier molecular flexibility index (Phi) is 8.93. The number of ether oxygens (including phenoxy) is 1. The number of halogens is 2. The van der Waals surface area contributed by atoms with Crippen LogP contribution in [-0.4, -0.2) is 13.7 Å². The minimum Gasteiger partial charge on any atom is -0.496 e. The van der Waals surface area contributed by atoms with E-state index in [-0.39, 0.29) is 11.9 Å². The zero-order chi connectivity index (χ0) is 15.7. The van der Waals surface area contributed by atoms with Crippen LogP contribution in [0.4, 0.5) is 4.39 Å². The van der Waals surface area contributed by atoms with Crippen LogP contribution in [0.1, 0.15) is 64.0 Å². The van der Waals surface area contributed by atoms with Crippen molar-refractivity contribution in [3.63, 3.8) is 0 Å². The summed E-state index contributed by atoms with van der Waals surface area (Å²) < 4.78 is 19.5. The van der Waals surface area contributed by atoms with Gasteiger partial charge in [-0.05, 0) is 41.4 Å². The summed E-state index contributed by atoms with van der Waals surface area (Å²) in [4.78, 5) is 0. The van der Waals surface area contributed by atoms with Crippen LogP contribution in [-0.2, 0) is 0 Å². The average molecular weight is 360 g/mol. The van der Waals surface area contributed by atoms with Crippen LogP contribution < -0.4 is 10.1 Å². The predicted molar refractivity (Wildman–Crippen MR) is 90.4 cm³/mol. The van der Waals surface area contributed by atoms with Crippen molar-refractivity contribution in [2.24, 2.45) is 0 Å². The average Bonchev–Trinajstić information content (AvgIpc) is 2.49. The molecule has 21 heavy (non-hydrogen) atoms. The molecule has 0 aliphatic carbocycles. The lowest BCUT2D eigenvalue weighted by atomic mass is 9.98. The lowest BCUT2D eigenvalue weighted by Crippen LogP contribution is -2.23. The summed E-state index contributed by atoms with van der Waals surface area (Å²) in [6.07, 6.45) is 7.05. The highest BCUT2D eigenvalue weighted by atomic mass is 79.9. The Labute approximate surface area is 136 Å². The van der Waals surface area contributed by atoms with E-state index in [0.29, 0.717) is 10.2 Å². The van der Waals surface area contributed by atoms with Gasteiger partial charge in [-0.3, -0.25) is 0 Å². The second-order valence-electron chi connectivity index (χ2n) is 5.36. The van der Waals surface area contributed by atoms with Crippen LogP contribution in [0.3, 0.4) is 0 Å². The third-order valence-electron chi connectivity index (χ3n) is 3.64. The van der Waals surface area contributed by atoms with E-state index in [1.54, 1.807) is 7.11 Å².